The summed E-state index contributed by atoms with van der Waals surface area (Å²) in [5.41, 5.74) is 21.7. The molecule has 0 aromatic carbocycles. The van der Waals surface area contributed by atoms with Gasteiger partial charge in [0.05, 0.1) is 0 Å². The molecule has 0 saturated carbocycles. The van der Waals surface area contributed by atoms with Crippen molar-refractivity contribution in [3.8, 4) is 0 Å². The van der Waals surface area contributed by atoms with Gasteiger partial charge in [0.15, 0.2) is 23.8 Å². The quantitative estimate of drug-likeness (QED) is 0.00884. The molecule has 137 heavy (non-hydrogen) atoms. The molecular weight excluding hydrogens is 1800 g/mol. The van der Waals surface area contributed by atoms with Crippen molar-refractivity contribution in [1.29, 1.82) is 21.6 Å². The number of nitrogens with one attached hydrogen (secondary N) is 29. The summed E-state index contributed by atoms with van der Waals surface area (Å²) >= 11 is 0. The van der Waals surface area contributed by atoms with Crippen molar-refractivity contribution in [2.75, 3.05) is 26.2 Å². The smallest absolute Gasteiger partial charge is 0.326 e. The lowest BCUT2D eigenvalue weighted by atomic mass is 10.1. The van der Waals surface area contributed by atoms with E-state index in [-0.39, 0.29) is 95.5 Å². The molecule has 0 aromatic heterocycles. The van der Waals surface area contributed by atoms with E-state index in [2.05, 4.69) is 146 Å². The summed E-state index contributed by atoms with van der Waals surface area (Å²) in [5, 5.41) is 100.0. The molecule has 0 fully saturated rings. The molecule has 0 aliphatic rings. The number of carboxylic acid groups (broad SMARTS) is 1. The predicted octanol–water partition coefficient (Wildman–Crippen LogP) is -12.2. The molecule has 0 radical (unpaired) electrons. The van der Waals surface area contributed by atoms with Gasteiger partial charge in [0.25, 0.3) is 0 Å². The van der Waals surface area contributed by atoms with E-state index in [4.69, 9.17) is 44.6 Å². The Balaban J connectivity index is 5.93. The van der Waals surface area contributed by atoms with Crippen LogP contribution in [0.25, 0.3) is 0 Å². The number of carbonyl (C=O) groups is 22. The minimum Gasteiger partial charge on any atom is -0.480 e. The minimum absolute atomic E-state index is 0.0132. The number of carboxylic acids is 1. The van der Waals surface area contributed by atoms with Crippen molar-refractivity contribution < 1.29 is 111 Å². The van der Waals surface area contributed by atoms with Crippen LogP contribution in [0, 0.1) is 21.6 Å². The van der Waals surface area contributed by atoms with Crippen molar-refractivity contribution in [3.63, 3.8) is 0 Å². The van der Waals surface area contributed by atoms with E-state index < -0.39 is 275 Å². The van der Waals surface area contributed by atoms with Crippen LogP contribution < -0.4 is 156 Å². The lowest BCUT2D eigenvalue weighted by molar-refractivity contribution is -0.142. The second kappa shape index (κ2) is 61.7. The topological polar surface area (TPSA) is 896 Å². The fourth-order valence-electron chi connectivity index (χ4n) is 11.4. The average molecular weight is 1950 g/mol. The Labute approximate surface area is 792 Å². The van der Waals surface area contributed by atoms with Crippen LogP contribution in [0.2, 0.25) is 0 Å². The van der Waals surface area contributed by atoms with Crippen LogP contribution >= 0.6 is 0 Å². The second-order valence-corrected chi connectivity index (χ2v) is 32.5. The predicted molar refractivity (Wildman–Crippen MR) is 495 cm³/mol. The Morgan fingerprint density at radius 2 is 0.372 bits per heavy atom. The first-order valence-corrected chi connectivity index (χ1v) is 43.9. The molecule has 0 bridgehead atoms. The van der Waals surface area contributed by atoms with Gasteiger partial charge in [-0.1, -0.05) is 12.7 Å². The Morgan fingerprint density at radius 3 is 0.504 bits per heavy atom. The van der Waals surface area contributed by atoms with Gasteiger partial charge >= 0.3 is 5.97 Å². The SMILES string of the molecule is C=CCC(NC(=O)C(C)NC(=O)C(C)NC(=O)C(C)NC(=O)C(CCCNC(=N)N)NC(=O)C(C)NC(=O)C(C)NC(=O)C(C)NC(=O)C(C)NC(=O)C(CCCNC(=N)N)NC(=O)C(C)NC(=O)C(C)NC(=O)C(C)NC(=O)C(C)NC(=O)C(CCCNC(=N)N)NC(=O)C(C)NC(=O)C(C)NC(=O)C(C)NC(=O)C(C)NC(=O)C(CCCNC(=N)N)NC(=O)C(C)NC(=O)C(=C)C)C(=O)O. The van der Waals surface area contributed by atoms with E-state index in [0.29, 0.717) is 0 Å². The number of amides is 21. The molecule has 0 spiro atoms. The van der Waals surface area contributed by atoms with Crippen LogP contribution in [0.15, 0.2) is 24.8 Å². The molecule has 38 N–H and O–H groups in total. The van der Waals surface area contributed by atoms with Crippen LogP contribution in [0.3, 0.4) is 0 Å². The Kier molecular flexibility index (Phi) is 54.9. The summed E-state index contributed by atoms with van der Waals surface area (Å²) in [5.74, 6) is -21.6. The largest absolute Gasteiger partial charge is 0.480 e. The third kappa shape index (κ3) is 48.4. The maximum absolute atomic E-state index is 13.9. The maximum Gasteiger partial charge on any atom is 0.326 e. The monoisotopic (exact) mass is 1940 g/mol. The third-order valence-corrected chi connectivity index (χ3v) is 19.9. The second-order valence-electron chi connectivity index (χ2n) is 32.5. The van der Waals surface area contributed by atoms with Gasteiger partial charge in [-0.05, 0) is 175 Å². The van der Waals surface area contributed by atoms with Crippen LogP contribution in [-0.4, -0.2) is 312 Å². The first-order valence-electron chi connectivity index (χ1n) is 43.9. The third-order valence-electron chi connectivity index (χ3n) is 19.9. The van der Waals surface area contributed by atoms with E-state index in [1.54, 1.807) is 0 Å². The van der Waals surface area contributed by atoms with E-state index in [1.165, 1.54) is 124 Å². The Bertz CT molecular complexity index is 4360. The number of hydrogen-bond donors (Lipinski definition) is 34. The first-order chi connectivity index (χ1) is 63.7. The lowest BCUT2D eigenvalue weighted by Crippen LogP contribution is -2.59. The molecule has 21 atom stereocenters. The van der Waals surface area contributed by atoms with Gasteiger partial charge in [0, 0.05) is 31.8 Å². The highest BCUT2D eigenvalue weighted by Crippen LogP contribution is 2.09. The fraction of sp³-hybridized carbons (Fsp3) is 0.630. The summed E-state index contributed by atoms with van der Waals surface area (Å²) in [7, 11) is 0. The highest BCUT2D eigenvalue weighted by Gasteiger charge is 2.37. The summed E-state index contributed by atoms with van der Waals surface area (Å²) < 4.78 is 0. The molecule has 21 unspecified atom stereocenters. The van der Waals surface area contributed by atoms with Crippen molar-refractivity contribution in [1.82, 2.24) is 133 Å². The highest BCUT2D eigenvalue weighted by atomic mass is 16.4. The molecule has 0 heterocycles. The molecular formula is C81H141N33O23. The standard InChI is InChI=1S/C81H141N33O23/c1-20-25-55(77(136)137)114-72(131)50(19)105-63(122)41(10)101-67(126)45(14)109-76(135)54(29-24-33-93-81(88)89)113-71(130)49(18)104-62(121)40(9)97-59(118)37(6)100-66(125)44(13)108-75(134)53(28-23-32-92-80(86)87)112-70(129)48(17)103-61(120)39(8)96-58(117)36(5)99-65(124)43(12)107-74(133)52(27-22-31-91-79(84)85)111-69(128)47(16)102-60(119)38(7)95-57(116)35(4)98-64(123)42(11)106-73(132)51(26-21-30-90-78(82)83)110-68(127)46(15)94-56(115)34(2)3/h20,35-55H,1-2,21-33H2,3-19H3,(H,94,115)(H,95,116)(H,96,117)(H,97,118)(H,98,123)(H,99,124)(H,100,125)(H,101,126)(H,102,119)(H,103,120)(H,104,121)(H,105,122)(H,106,132)(H,107,133)(H,108,134)(H,109,135)(H,110,127)(H,111,128)(H,112,129)(H,113,130)(H,114,131)(H,136,137)(H4,82,83,90)(H4,84,85,91)(H4,86,87,92)(H4,88,89,93). The molecule has 0 aliphatic carbocycles. The van der Waals surface area contributed by atoms with Gasteiger partial charge in [-0.15, -0.1) is 6.58 Å². The average Bonchev–Trinajstić information content (AvgIpc) is 0.884. The lowest BCUT2D eigenvalue weighted by Gasteiger charge is -2.25. The maximum atomic E-state index is 13.9. The van der Waals surface area contributed by atoms with Crippen LogP contribution in [0.4, 0.5) is 0 Å². The normalized spacial score (nSPS) is 15.3. The van der Waals surface area contributed by atoms with E-state index in [0.717, 1.165) is 0 Å². The number of nitrogens with two attached hydrogens (primary N) is 4. The zero-order valence-electron chi connectivity index (χ0n) is 80.0. The van der Waals surface area contributed by atoms with Gasteiger partial charge in [0.2, 0.25) is 124 Å². The van der Waals surface area contributed by atoms with Crippen molar-refractivity contribution in [2.24, 2.45) is 22.9 Å². The number of aliphatic carboxylic acids is 1. The van der Waals surface area contributed by atoms with Gasteiger partial charge in [-0.3, -0.25) is 122 Å². The van der Waals surface area contributed by atoms with E-state index in [9.17, 15) is 111 Å². The number of guanidine groups is 4. The summed E-state index contributed by atoms with van der Waals surface area (Å²) in [6.45, 7) is 28.7. The van der Waals surface area contributed by atoms with Crippen LogP contribution in [0.1, 0.15) is 175 Å². The minimum atomic E-state index is -1.45. The molecule has 21 amide bonds. The van der Waals surface area contributed by atoms with Gasteiger partial charge < -0.3 is 161 Å². The summed E-state index contributed by atoms with van der Waals surface area (Å²) in [6.07, 6.45) is 1.22. The van der Waals surface area contributed by atoms with E-state index >= 15 is 0 Å². The van der Waals surface area contributed by atoms with Crippen LogP contribution in [-0.2, 0) is 105 Å². The zero-order valence-corrected chi connectivity index (χ0v) is 80.0. The molecule has 0 aromatic rings. The van der Waals surface area contributed by atoms with Gasteiger partial charge in [-0.25, -0.2) is 4.79 Å². The molecule has 56 nitrogen and oxygen atoms in total. The van der Waals surface area contributed by atoms with Gasteiger partial charge in [-0.2, -0.15) is 0 Å². The Hall–Kier alpha value is -15.1. The zero-order chi connectivity index (χ0) is 105. The summed E-state index contributed by atoms with van der Waals surface area (Å²) in [4.78, 5) is 292. The number of rotatable bonds is 61. The van der Waals surface area contributed by atoms with Gasteiger partial charge in [0.1, 0.15) is 127 Å². The number of hydrogen-bond acceptors (Lipinski definition) is 26. The fourth-order valence-corrected chi connectivity index (χ4v) is 11.4. The molecule has 0 saturated heterocycles. The Morgan fingerprint density at radius 1 is 0.241 bits per heavy atom. The van der Waals surface area contributed by atoms with Crippen molar-refractivity contribution >= 4 is 154 Å². The van der Waals surface area contributed by atoms with E-state index in [1.807, 2.05) is 0 Å². The molecule has 0 aliphatic heterocycles. The first kappa shape index (κ1) is 122. The van der Waals surface area contributed by atoms with Crippen molar-refractivity contribution in [2.45, 2.75) is 302 Å². The highest BCUT2D eigenvalue weighted by molar-refractivity contribution is 6.03. The van der Waals surface area contributed by atoms with Crippen molar-refractivity contribution in [3.05, 3.63) is 24.8 Å². The molecule has 0 rings (SSSR count). The number of carbonyl (C=O) groups excluding carboxylic acids is 21. The molecule has 768 valence electrons. The molecule has 56 heteroatoms. The summed E-state index contributed by atoms with van der Waals surface area (Å²) in [6, 6.07) is -28.6. The van der Waals surface area contributed by atoms with Crippen LogP contribution in [0.5, 0.6) is 0 Å².